The van der Waals surface area contributed by atoms with Crippen LogP contribution in [0.3, 0.4) is 0 Å². The van der Waals surface area contributed by atoms with Crippen molar-refractivity contribution in [1.29, 1.82) is 0 Å². The van der Waals surface area contributed by atoms with Crippen molar-refractivity contribution in [2.45, 2.75) is 19.0 Å². The molecule has 20 heavy (non-hydrogen) atoms. The summed E-state index contributed by atoms with van der Waals surface area (Å²) in [4.78, 5) is 23.0. The zero-order chi connectivity index (χ0) is 15.1. The van der Waals surface area contributed by atoms with Crippen LogP contribution in [0.15, 0.2) is 30.3 Å². The largest absolute Gasteiger partial charge is 0.480 e. The number of hydrogen-bond donors (Lipinski definition) is 3. The average Bonchev–Trinajstić information content (AvgIpc) is 2.45. The molecule has 3 atom stereocenters. The topological polar surface area (TPSA) is 102 Å². The minimum Gasteiger partial charge on any atom is -0.480 e. The number of carboxylic acid groups (broad SMARTS) is 1. The number of carboxylic acids is 1. The zero-order valence-corrected chi connectivity index (χ0v) is 11.6. The number of benzene rings is 1. The summed E-state index contributed by atoms with van der Waals surface area (Å²) in [5, 5.41) is 11.4. The Balaban J connectivity index is 2.69. The quantitative estimate of drug-likeness (QED) is 0.676. The third kappa shape index (κ3) is 4.32. The Hall–Kier alpha value is -1.92. The maximum absolute atomic E-state index is 12.0. The molecule has 1 rings (SSSR count). The van der Waals surface area contributed by atoms with E-state index in [2.05, 4.69) is 5.32 Å². The third-order valence-electron chi connectivity index (χ3n) is 3.08. The van der Waals surface area contributed by atoms with Crippen molar-refractivity contribution in [2.24, 2.45) is 11.7 Å². The van der Waals surface area contributed by atoms with Gasteiger partial charge in [0.25, 0.3) is 0 Å². The van der Waals surface area contributed by atoms with Crippen LogP contribution in [0.5, 0.6) is 0 Å². The van der Waals surface area contributed by atoms with E-state index in [4.69, 9.17) is 15.6 Å². The minimum atomic E-state index is -1.14. The number of carbonyl (C=O) groups is 2. The molecule has 0 spiro atoms. The van der Waals surface area contributed by atoms with Gasteiger partial charge in [-0.25, -0.2) is 4.79 Å². The molecular weight excluding hydrogens is 260 g/mol. The van der Waals surface area contributed by atoms with Crippen molar-refractivity contribution in [1.82, 2.24) is 5.32 Å². The molecule has 0 aliphatic carbocycles. The standard InChI is InChI=1S/C14H20N2O4/c1-9(12(15)10-6-4-3-5-7-10)13(17)16-11(8-20-2)14(18)19/h3-7,9,11-12H,8,15H2,1-2H3,(H,16,17)(H,18,19). The molecule has 1 aromatic rings. The number of hydrogen-bond acceptors (Lipinski definition) is 4. The SMILES string of the molecule is COCC(NC(=O)C(C)C(N)c1ccccc1)C(=O)O. The van der Waals surface area contributed by atoms with Crippen molar-refractivity contribution in [3.05, 3.63) is 35.9 Å². The zero-order valence-electron chi connectivity index (χ0n) is 11.6. The number of ether oxygens (including phenoxy) is 1. The second-order valence-electron chi connectivity index (χ2n) is 4.58. The van der Waals surface area contributed by atoms with Gasteiger partial charge in [0.1, 0.15) is 0 Å². The summed E-state index contributed by atoms with van der Waals surface area (Å²) in [7, 11) is 1.38. The van der Waals surface area contributed by atoms with Crippen LogP contribution in [0.25, 0.3) is 0 Å². The lowest BCUT2D eigenvalue weighted by molar-refractivity contribution is -0.144. The second-order valence-corrected chi connectivity index (χ2v) is 4.58. The Kier molecular flexibility index (Phi) is 6.14. The van der Waals surface area contributed by atoms with E-state index < -0.39 is 29.9 Å². The lowest BCUT2D eigenvalue weighted by Crippen LogP contribution is -2.47. The lowest BCUT2D eigenvalue weighted by atomic mass is 9.94. The summed E-state index contributed by atoms with van der Waals surface area (Å²) in [5.74, 6) is -2.09. The molecule has 0 saturated carbocycles. The summed E-state index contributed by atoms with van der Waals surface area (Å²) in [5.41, 5.74) is 6.85. The predicted octanol–water partition coefficient (Wildman–Crippen LogP) is 0.538. The predicted molar refractivity (Wildman–Crippen MR) is 74.0 cm³/mol. The Labute approximate surface area is 117 Å². The number of nitrogens with one attached hydrogen (secondary N) is 1. The van der Waals surface area contributed by atoms with E-state index in [1.165, 1.54) is 7.11 Å². The van der Waals surface area contributed by atoms with Gasteiger partial charge in [0.05, 0.1) is 12.5 Å². The molecule has 0 aromatic heterocycles. The first-order valence-corrected chi connectivity index (χ1v) is 6.30. The molecule has 110 valence electrons. The highest BCUT2D eigenvalue weighted by atomic mass is 16.5. The number of aliphatic carboxylic acids is 1. The molecular formula is C14H20N2O4. The summed E-state index contributed by atoms with van der Waals surface area (Å²) in [6.45, 7) is 1.58. The molecule has 1 amide bonds. The first kappa shape index (κ1) is 16.1. The van der Waals surface area contributed by atoms with Gasteiger partial charge in [0.2, 0.25) is 5.91 Å². The first-order chi connectivity index (χ1) is 9.47. The molecule has 0 saturated heterocycles. The third-order valence-corrected chi connectivity index (χ3v) is 3.08. The van der Waals surface area contributed by atoms with Gasteiger partial charge in [0, 0.05) is 13.2 Å². The fourth-order valence-corrected chi connectivity index (χ4v) is 1.77. The molecule has 0 radical (unpaired) electrons. The highest BCUT2D eigenvalue weighted by molar-refractivity contribution is 5.85. The summed E-state index contributed by atoms with van der Waals surface area (Å²) >= 11 is 0. The van der Waals surface area contributed by atoms with Crippen molar-refractivity contribution < 1.29 is 19.4 Å². The van der Waals surface area contributed by atoms with Crippen LogP contribution in [-0.2, 0) is 14.3 Å². The molecule has 6 heteroatoms. The Morgan fingerprint density at radius 3 is 2.45 bits per heavy atom. The number of carbonyl (C=O) groups excluding carboxylic acids is 1. The van der Waals surface area contributed by atoms with Crippen molar-refractivity contribution in [2.75, 3.05) is 13.7 Å². The Morgan fingerprint density at radius 2 is 1.95 bits per heavy atom. The van der Waals surface area contributed by atoms with Gasteiger partial charge in [-0.2, -0.15) is 0 Å². The fourth-order valence-electron chi connectivity index (χ4n) is 1.77. The van der Waals surface area contributed by atoms with Gasteiger partial charge < -0.3 is 20.9 Å². The van der Waals surface area contributed by atoms with Crippen LogP contribution in [0.4, 0.5) is 0 Å². The van der Waals surface area contributed by atoms with E-state index in [9.17, 15) is 9.59 Å². The van der Waals surface area contributed by atoms with Gasteiger partial charge in [-0.05, 0) is 5.56 Å². The molecule has 4 N–H and O–H groups in total. The number of rotatable bonds is 7. The average molecular weight is 280 g/mol. The smallest absolute Gasteiger partial charge is 0.328 e. The first-order valence-electron chi connectivity index (χ1n) is 6.30. The molecule has 3 unspecified atom stereocenters. The van der Waals surface area contributed by atoms with Crippen LogP contribution in [0.1, 0.15) is 18.5 Å². The lowest BCUT2D eigenvalue weighted by Gasteiger charge is -2.22. The molecule has 1 aromatic carbocycles. The van der Waals surface area contributed by atoms with Gasteiger partial charge in [-0.1, -0.05) is 37.3 Å². The van der Waals surface area contributed by atoms with Gasteiger partial charge in [0.15, 0.2) is 6.04 Å². The van der Waals surface area contributed by atoms with Crippen LogP contribution in [-0.4, -0.2) is 36.7 Å². The summed E-state index contributed by atoms with van der Waals surface area (Å²) in [6.07, 6.45) is 0. The van der Waals surface area contributed by atoms with E-state index in [0.717, 1.165) is 5.56 Å². The Bertz CT molecular complexity index is 450. The Morgan fingerprint density at radius 1 is 1.35 bits per heavy atom. The van der Waals surface area contributed by atoms with E-state index in [-0.39, 0.29) is 6.61 Å². The summed E-state index contributed by atoms with van der Waals surface area (Å²) < 4.78 is 4.76. The monoisotopic (exact) mass is 280 g/mol. The minimum absolute atomic E-state index is 0.0889. The van der Waals surface area contributed by atoms with Gasteiger partial charge in [-0.3, -0.25) is 4.79 Å². The van der Waals surface area contributed by atoms with Crippen molar-refractivity contribution in [3.63, 3.8) is 0 Å². The molecule has 0 aliphatic heterocycles. The number of methoxy groups -OCH3 is 1. The number of nitrogens with two attached hydrogens (primary N) is 1. The van der Waals surface area contributed by atoms with E-state index in [1.54, 1.807) is 6.92 Å². The van der Waals surface area contributed by atoms with E-state index in [0.29, 0.717) is 0 Å². The number of amides is 1. The fraction of sp³-hybridized carbons (Fsp3) is 0.429. The molecule has 0 heterocycles. The van der Waals surface area contributed by atoms with Crippen LogP contribution in [0, 0.1) is 5.92 Å². The van der Waals surface area contributed by atoms with Crippen LogP contribution >= 0.6 is 0 Å². The normalized spacial score (nSPS) is 15.2. The highest BCUT2D eigenvalue weighted by Gasteiger charge is 2.26. The van der Waals surface area contributed by atoms with Gasteiger partial charge in [-0.15, -0.1) is 0 Å². The van der Waals surface area contributed by atoms with Crippen molar-refractivity contribution >= 4 is 11.9 Å². The van der Waals surface area contributed by atoms with Gasteiger partial charge >= 0.3 is 5.97 Å². The van der Waals surface area contributed by atoms with E-state index >= 15 is 0 Å². The van der Waals surface area contributed by atoms with Crippen molar-refractivity contribution in [3.8, 4) is 0 Å². The van der Waals surface area contributed by atoms with E-state index in [1.807, 2.05) is 30.3 Å². The summed E-state index contributed by atoms with van der Waals surface area (Å²) in [6, 6.07) is 7.64. The molecule has 0 bridgehead atoms. The van der Waals surface area contributed by atoms with Crippen LogP contribution < -0.4 is 11.1 Å². The highest BCUT2D eigenvalue weighted by Crippen LogP contribution is 2.19. The molecule has 0 aliphatic rings. The molecule has 6 nitrogen and oxygen atoms in total. The second kappa shape index (κ2) is 7.62. The maximum atomic E-state index is 12.0. The maximum Gasteiger partial charge on any atom is 0.328 e. The molecule has 0 fully saturated rings. The van der Waals surface area contributed by atoms with Crippen LogP contribution in [0.2, 0.25) is 0 Å².